The number of halogens is 1. The fraction of sp³-hybridized carbons (Fsp3) is 0.250. The van der Waals surface area contributed by atoms with Gasteiger partial charge in [0.25, 0.3) is 0 Å². The number of rotatable bonds is 4. The first-order valence-electron chi connectivity index (χ1n) is 5.09. The van der Waals surface area contributed by atoms with Crippen LogP contribution in [-0.2, 0) is 13.0 Å². The predicted octanol–water partition coefficient (Wildman–Crippen LogP) is 2.90. The number of benzene rings is 1. The van der Waals surface area contributed by atoms with Gasteiger partial charge in [-0.15, -0.1) is 0 Å². The molecule has 4 heteroatoms. The second-order valence-corrected chi connectivity index (χ2v) is 4.20. The van der Waals surface area contributed by atoms with Crippen molar-refractivity contribution in [2.24, 2.45) is 0 Å². The van der Waals surface area contributed by atoms with Crippen molar-refractivity contribution >= 4 is 15.9 Å². The van der Waals surface area contributed by atoms with Crippen molar-refractivity contribution in [2.75, 3.05) is 7.11 Å². The predicted molar refractivity (Wildman–Crippen MR) is 66.6 cm³/mol. The van der Waals surface area contributed by atoms with E-state index < -0.39 is 0 Å². The molecule has 0 spiro atoms. The highest BCUT2D eigenvalue weighted by atomic mass is 79.9. The van der Waals surface area contributed by atoms with E-state index in [2.05, 4.69) is 37.6 Å². The molecule has 0 fully saturated rings. The molecule has 0 radical (unpaired) electrons. The maximum atomic E-state index is 5.12. The van der Waals surface area contributed by atoms with Crippen LogP contribution in [0.25, 0.3) is 0 Å². The van der Waals surface area contributed by atoms with Gasteiger partial charge in [0.15, 0.2) is 4.73 Å². The summed E-state index contributed by atoms with van der Waals surface area (Å²) in [6.07, 6.45) is 4.74. The Kier molecular flexibility index (Phi) is 3.62. The van der Waals surface area contributed by atoms with Crippen LogP contribution in [0.15, 0.2) is 41.4 Å². The number of ether oxygens (including phenoxy) is 1. The van der Waals surface area contributed by atoms with Gasteiger partial charge in [0.05, 0.1) is 7.11 Å². The molecule has 0 atom stereocenters. The Bertz CT molecular complexity index is 450. The molecule has 0 saturated heterocycles. The second-order valence-electron chi connectivity index (χ2n) is 3.49. The zero-order valence-corrected chi connectivity index (χ0v) is 10.6. The first kappa shape index (κ1) is 11.2. The zero-order valence-electron chi connectivity index (χ0n) is 9.06. The Morgan fingerprint density at radius 1 is 1.31 bits per heavy atom. The lowest BCUT2D eigenvalue weighted by Crippen LogP contribution is -2.00. The van der Waals surface area contributed by atoms with E-state index in [1.165, 1.54) is 5.56 Å². The molecule has 1 aromatic carbocycles. The molecule has 0 unspecified atom stereocenters. The number of methoxy groups -OCH3 is 1. The smallest absolute Gasteiger partial charge is 0.177 e. The van der Waals surface area contributed by atoms with Crippen molar-refractivity contribution in [1.29, 1.82) is 0 Å². The second kappa shape index (κ2) is 5.16. The van der Waals surface area contributed by atoms with E-state index in [1.54, 1.807) is 13.3 Å². The molecule has 0 N–H and O–H groups in total. The van der Waals surface area contributed by atoms with Crippen molar-refractivity contribution in [2.45, 2.75) is 13.0 Å². The number of imidazole rings is 1. The standard InChI is InChI=1S/C12H13BrN2O/c1-16-11-4-2-10(3-5-11)6-8-15-9-7-14-12(15)13/h2-5,7,9H,6,8H2,1H3. The van der Waals surface area contributed by atoms with Gasteiger partial charge in [-0.05, 0) is 40.0 Å². The van der Waals surface area contributed by atoms with Gasteiger partial charge in [0.1, 0.15) is 5.75 Å². The van der Waals surface area contributed by atoms with Gasteiger partial charge in [0, 0.05) is 18.9 Å². The minimum atomic E-state index is 0.876. The molecule has 1 aromatic heterocycles. The molecule has 0 aliphatic rings. The molecule has 2 aromatic rings. The summed E-state index contributed by atoms with van der Waals surface area (Å²) < 4.78 is 8.07. The van der Waals surface area contributed by atoms with Gasteiger partial charge in [-0.2, -0.15) is 0 Å². The van der Waals surface area contributed by atoms with Gasteiger partial charge in [0.2, 0.25) is 0 Å². The molecule has 84 valence electrons. The van der Waals surface area contributed by atoms with Gasteiger partial charge in [-0.3, -0.25) is 0 Å². The first-order chi connectivity index (χ1) is 7.79. The molecular weight excluding hydrogens is 268 g/mol. The zero-order chi connectivity index (χ0) is 11.4. The summed E-state index contributed by atoms with van der Waals surface area (Å²) >= 11 is 3.39. The van der Waals surface area contributed by atoms with E-state index in [1.807, 2.05) is 18.3 Å². The van der Waals surface area contributed by atoms with Crippen molar-refractivity contribution in [3.8, 4) is 5.75 Å². The van der Waals surface area contributed by atoms with Crippen molar-refractivity contribution < 1.29 is 4.74 Å². The van der Waals surface area contributed by atoms with E-state index in [4.69, 9.17) is 4.74 Å². The summed E-state index contributed by atoms with van der Waals surface area (Å²) in [6, 6.07) is 8.14. The minimum absolute atomic E-state index is 0.876. The van der Waals surface area contributed by atoms with Crippen LogP contribution < -0.4 is 4.74 Å². The first-order valence-corrected chi connectivity index (χ1v) is 5.88. The SMILES string of the molecule is COc1ccc(CCn2ccnc2Br)cc1. The summed E-state index contributed by atoms with van der Waals surface area (Å²) in [5, 5.41) is 0. The molecule has 0 amide bonds. The highest BCUT2D eigenvalue weighted by Gasteiger charge is 1.99. The fourth-order valence-electron chi connectivity index (χ4n) is 1.52. The Labute approximate surface area is 103 Å². The van der Waals surface area contributed by atoms with E-state index >= 15 is 0 Å². The molecule has 0 bridgehead atoms. The number of hydrogen-bond donors (Lipinski definition) is 0. The van der Waals surface area contributed by atoms with E-state index in [-0.39, 0.29) is 0 Å². The third kappa shape index (κ3) is 2.64. The summed E-state index contributed by atoms with van der Waals surface area (Å²) in [7, 11) is 1.68. The van der Waals surface area contributed by atoms with E-state index in [0.717, 1.165) is 23.4 Å². The lowest BCUT2D eigenvalue weighted by molar-refractivity contribution is 0.414. The third-order valence-corrected chi connectivity index (χ3v) is 3.13. The minimum Gasteiger partial charge on any atom is -0.497 e. The topological polar surface area (TPSA) is 27.1 Å². The van der Waals surface area contributed by atoms with Gasteiger partial charge in [-0.1, -0.05) is 12.1 Å². The average molecular weight is 281 g/mol. The fourth-order valence-corrected chi connectivity index (χ4v) is 1.93. The number of aromatic nitrogens is 2. The van der Waals surface area contributed by atoms with Crippen LogP contribution in [0.2, 0.25) is 0 Å². The maximum Gasteiger partial charge on any atom is 0.177 e. The normalized spacial score (nSPS) is 10.4. The molecule has 0 saturated carbocycles. The molecule has 3 nitrogen and oxygen atoms in total. The van der Waals surface area contributed by atoms with Crippen LogP contribution in [0.1, 0.15) is 5.56 Å². The summed E-state index contributed by atoms with van der Waals surface area (Å²) in [6.45, 7) is 0.924. The van der Waals surface area contributed by atoms with Gasteiger partial charge < -0.3 is 9.30 Å². The van der Waals surface area contributed by atoms with Crippen LogP contribution in [0.4, 0.5) is 0 Å². The molecule has 0 aliphatic carbocycles. The summed E-state index contributed by atoms with van der Waals surface area (Å²) in [4.78, 5) is 4.12. The van der Waals surface area contributed by atoms with Crippen LogP contribution in [0, 0.1) is 0 Å². The lowest BCUT2D eigenvalue weighted by Gasteiger charge is -2.05. The van der Waals surface area contributed by atoms with E-state index in [0.29, 0.717) is 0 Å². The number of hydrogen-bond acceptors (Lipinski definition) is 2. The Morgan fingerprint density at radius 3 is 2.62 bits per heavy atom. The monoisotopic (exact) mass is 280 g/mol. The Hall–Kier alpha value is -1.29. The Morgan fingerprint density at radius 2 is 2.06 bits per heavy atom. The highest BCUT2D eigenvalue weighted by molar-refractivity contribution is 9.10. The van der Waals surface area contributed by atoms with Crippen molar-refractivity contribution in [1.82, 2.24) is 9.55 Å². The van der Waals surface area contributed by atoms with Crippen LogP contribution in [0.3, 0.4) is 0 Å². The molecular formula is C12H13BrN2O. The molecule has 1 heterocycles. The van der Waals surface area contributed by atoms with Gasteiger partial charge >= 0.3 is 0 Å². The summed E-state index contributed by atoms with van der Waals surface area (Å²) in [5.74, 6) is 0.896. The highest BCUT2D eigenvalue weighted by Crippen LogP contribution is 2.13. The maximum absolute atomic E-state index is 5.12. The van der Waals surface area contributed by atoms with Gasteiger partial charge in [-0.25, -0.2) is 4.98 Å². The van der Waals surface area contributed by atoms with Crippen LogP contribution in [-0.4, -0.2) is 16.7 Å². The average Bonchev–Trinajstić information content (AvgIpc) is 2.73. The molecule has 2 rings (SSSR count). The quantitative estimate of drug-likeness (QED) is 0.861. The third-order valence-electron chi connectivity index (χ3n) is 2.47. The lowest BCUT2D eigenvalue weighted by atomic mass is 10.1. The van der Waals surface area contributed by atoms with Crippen molar-refractivity contribution in [3.63, 3.8) is 0 Å². The van der Waals surface area contributed by atoms with Crippen LogP contribution in [0.5, 0.6) is 5.75 Å². The Balaban J connectivity index is 1.97. The van der Waals surface area contributed by atoms with E-state index in [9.17, 15) is 0 Å². The van der Waals surface area contributed by atoms with Crippen LogP contribution >= 0.6 is 15.9 Å². The largest absolute Gasteiger partial charge is 0.497 e. The number of aryl methyl sites for hydroxylation is 2. The van der Waals surface area contributed by atoms with Crippen molar-refractivity contribution in [3.05, 3.63) is 47.0 Å². The number of nitrogens with zero attached hydrogens (tertiary/aromatic N) is 2. The molecule has 16 heavy (non-hydrogen) atoms. The molecule has 0 aliphatic heterocycles. The summed E-state index contributed by atoms with van der Waals surface area (Å²) in [5.41, 5.74) is 1.29.